The molecule has 0 radical (unpaired) electrons. The van der Waals surface area contributed by atoms with E-state index in [2.05, 4.69) is 21.2 Å². The number of nitrogens with zero attached hydrogens (tertiary/aromatic N) is 1. The third-order valence-corrected chi connectivity index (χ3v) is 7.51. The highest BCUT2D eigenvalue weighted by Crippen LogP contribution is 2.37. The fourth-order valence-electron chi connectivity index (χ4n) is 3.13. The van der Waals surface area contributed by atoms with Gasteiger partial charge >= 0.3 is 0 Å². The number of nitrogens with one attached hydrogen (secondary N) is 1. The van der Waals surface area contributed by atoms with Crippen LogP contribution in [0.3, 0.4) is 0 Å². The molecule has 1 aromatic rings. The lowest BCUT2D eigenvalue weighted by atomic mass is 10.1. The van der Waals surface area contributed by atoms with E-state index in [1.54, 1.807) is 22.5 Å². The summed E-state index contributed by atoms with van der Waals surface area (Å²) in [5.74, 6) is 0. The minimum absolute atomic E-state index is 0. The Morgan fingerprint density at radius 1 is 1.24 bits per heavy atom. The Bertz CT molecular complexity index is 613. The zero-order valence-corrected chi connectivity index (χ0v) is 15.2. The summed E-state index contributed by atoms with van der Waals surface area (Å²) in [6.45, 7) is 1.60. The number of hydrogen-bond donors (Lipinski definition) is 1. The van der Waals surface area contributed by atoms with Crippen LogP contribution in [0.2, 0.25) is 5.02 Å². The van der Waals surface area contributed by atoms with Gasteiger partial charge in [0, 0.05) is 23.1 Å². The average Bonchev–Trinajstić information content (AvgIpc) is 2.66. The second kappa shape index (κ2) is 6.72. The molecule has 0 aliphatic carbocycles. The summed E-state index contributed by atoms with van der Waals surface area (Å²) < 4.78 is 28.2. The Labute approximate surface area is 144 Å². The van der Waals surface area contributed by atoms with Gasteiger partial charge in [-0.1, -0.05) is 17.7 Å². The molecule has 118 valence electrons. The predicted molar refractivity (Wildman–Crippen MR) is 89.7 cm³/mol. The molecule has 4 nitrogen and oxygen atoms in total. The van der Waals surface area contributed by atoms with Crippen LogP contribution in [0.5, 0.6) is 0 Å². The quantitative estimate of drug-likeness (QED) is 0.807. The van der Waals surface area contributed by atoms with Crippen molar-refractivity contribution in [2.75, 3.05) is 13.1 Å². The first kappa shape index (κ1) is 17.5. The van der Waals surface area contributed by atoms with Crippen molar-refractivity contribution in [1.82, 2.24) is 9.62 Å². The molecule has 2 aliphatic heterocycles. The molecule has 8 heteroatoms. The largest absolute Gasteiger partial charge is 0.315 e. The van der Waals surface area contributed by atoms with Crippen molar-refractivity contribution in [1.29, 1.82) is 0 Å². The molecule has 0 aromatic heterocycles. The van der Waals surface area contributed by atoms with E-state index in [1.807, 2.05) is 0 Å². The molecule has 3 rings (SSSR count). The Hall–Kier alpha value is 0.150. The number of hydrogen-bond acceptors (Lipinski definition) is 3. The van der Waals surface area contributed by atoms with Gasteiger partial charge in [0.2, 0.25) is 10.0 Å². The van der Waals surface area contributed by atoms with Crippen LogP contribution in [0.25, 0.3) is 0 Å². The van der Waals surface area contributed by atoms with Crippen LogP contribution >= 0.6 is 39.9 Å². The van der Waals surface area contributed by atoms with E-state index in [4.69, 9.17) is 11.6 Å². The first-order valence-corrected chi connectivity index (χ1v) is 9.31. The molecule has 2 aliphatic rings. The van der Waals surface area contributed by atoms with Crippen molar-refractivity contribution in [2.45, 2.75) is 36.2 Å². The second-order valence-corrected chi connectivity index (χ2v) is 8.31. The molecule has 2 bridgehead atoms. The molecule has 0 amide bonds. The van der Waals surface area contributed by atoms with Crippen LogP contribution in [0.15, 0.2) is 27.6 Å². The molecule has 0 saturated carbocycles. The van der Waals surface area contributed by atoms with Gasteiger partial charge in [0.25, 0.3) is 0 Å². The Kier molecular flexibility index (Phi) is 5.60. The average molecular weight is 416 g/mol. The first-order valence-electron chi connectivity index (χ1n) is 6.70. The lowest BCUT2D eigenvalue weighted by molar-refractivity contribution is 0.334. The SMILES string of the molecule is Cl.O=S(=O)(c1cccc(Br)c1Cl)N1C2CCNCC1CC2. The van der Waals surface area contributed by atoms with E-state index in [1.165, 1.54) is 0 Å². The van der Waals surface area contributed by atoms with Gasteiger partial charge in [-0.3, -0.25) is 0 Å². The highest BCUT2D eigenvalue weighted by molar-refractivity contribution is 9.10. The number of fused-ring (bicyclic) bond motifs is 2. The highest BCUT2D eigenvalue weighted by atomic mass is 79.9. The maximum Gasteiger partial charge on any atom is 0.245 e. The van der Waals surface area contributed by atoms with Crippen LogP contribution in [0, 0.1) is 0 Å². The van der Waals surface area contributed by atoms with Gasteiger partial charge in [-0.05, 0) is 53.9 Å². The summed E-state index contributed by atoms with van der Waals surface area (Å²) >= 11 is 9.48. The van der Waals surface area contributed by atoms with E-state index < -0.39 is 10.0 Å². The molecule has 2 unspecified atom stereocenters. The summed E-state index contributed by atoms with van der Waals surface area (Å²) in [4.78, 5) is 0.201. The minimum atomic E-state index is -3.54. The van der Waals surface area contributed by atoms with Crippen molar-refractivity contribution in [3.63, 3.8) is 0 Å². The van der Waals surface area contributed by atoms with Gasteiger partial charge in [0.05, 0.1) is 5.02 Å². The van der Waals surface area contributed by atoms with E-state index in [-0.39, 0.29) is 34.4 Å². The number of benzene rings is 1. The molecule has 2 atom stereocenters. The van der Waals surface area contributed by atoms with Gasteiger partial charge in [0.15, 0.2) is 0 Å². The van der Waals surface area contributed by atoms with Crippen LogP contribution in [0.4, 0.5) is 0 Å². The zero-order chi connectivity index (χ0) is 14.3. The van der Waals surface area contributed by atoms with Gasteiger partial charge in [-0.2, -0.15) is 4.31 Å². The lowest BCUT2D eigenvalue weighted by Gasteiger charge is -2.27. The normalized spacial score (nSPS) is 26.2. The highest BCUT2D eigenvalue weighted by Gasteiger charge is 2.43. The van der Waals surface area contributed by atoms with Crippen molar-refractivity contribution < 1.29 is 8.42 Å². The molecule has 1 aromatic carbocycles. The Morgan fingerprint density at radius 3 is 2.71 bits per heavy atom. The van der Waals surface area contributed by atoms with E-state index >= 15 is 0 Å². The van der Waals surface area contributed by atoms with E-state index in [0.717, 1.165) is 32.4 Å². The van der Waals surface area contributed by atoms with Crippen LogP contribution in [0.1, 0.15) is 19.3 Å². The first-order chi connectivity index (χ1) is 9.51. The van der Waals surface area contributed by atoms with Gasteiger partial charge < -0.3 is 5.32 Å². The van der Waals surface area contributed by atoms with Gasteiger partial charge in [0.1, 0.15) is 4.90 Å². The Balaban J connectivity index is 0.00000161. The summed E-state index contributed by atoms with van der Waals surface area (Å²) in [5, 5.41) is 3.58. The van der Waals surface area contributed by atoms with Crippen LogP contribution in [-0.4, -0.2) is 37.9 Å². The molecular formula is C13H17BrCl2N2O2S. The molecular weight excluding hydrogens is 399 g/mol. The van der Waals surface area contributed by atoms with Crippen LogP contribution in [-0.2, 0) is 10.0 Å². The molecule has 1 N–H and O–H groups in total. The van der Waals surface area contributed by atoms with Crippen LogP contribution < -0.4 is 5.32 Å². The summed E-state index contributed by atoms with van der Waals surface area (Å²) in [5.41, 5.74) is 0. The monoisotopic (exact) mass is 414 g/mol. The molecule has 0 spiro atoms. The molecule has 2 heterocycles. The summed E-state index contributed by atoms with van der Waals surface area (Å²) in [6, 6.07) is 5.18. The van der Waals surface area contributed by atoms with Gasteiger partial charge in [-0.15, -0.1) is 12.4 Å². The van der Waals surface area contributed by atoms with Crippen molar-refractivity contribution in [3.8, 4) is 0 Å². The minimum Gasteiger partial charge on any atom is -0.315 e. The number of halogens is 3. The zero-order valence-electron chi connectivity index (χ0n) is 11.3. The lowest BCUT2D eigenvalue weighted by Crippen LogP contribution is -2.42. The molecule has 21 heavy (non-hydrogen) atoms. The molecule has 2 fully saturated rings. The van der Waals surface area contributed by atoms with E-state index in [0.29, 0.717) is 4.47 Å². The van der Waals surface area contributed by atoms with Crippen molar-refractivity contribution >= 4 is 50.0 Å². The van der Waals surface area contributed by atoms with Gasteiger partial charge in [-0.25, -0.2) is 8.42 Å². The Morgan fingerprint density at radius 2 is 1.95 bits per heavy atom. The smallest absolute Gasteiger partial charge is 0.245 e. The summed E-state index contributed by atoms with van der Waals surface area (Å²) in [6.07, 6.45) is 2.72. The summed E-state index contributed by atoms with van der Waals surface area (Å²) in [7, 11) is -3.54. The number of sulfonamides is 1. The predicted octanol–water partition coefficient (Wildman–Crippen LogP) is 3.04. The third-order valence-electron chi connectivity index (χ3n) is 4.06. The maximum absolute atomic E-state index is 13.0. The fourth-order valence-corrected chi connectivity index (χ4v) is 6.03. The van der Waals surface area contributed by atoms with E-state index in [9.17, 15) is 8.42 Å². The van der Waals surface area contributed by atoms with Crippen molar-refractivity contribution in [2.24, 2.45) is 0 Å². The number of rotatable bonds is 2. The fraction of sp³-hybridized carbons (Fsp3) is 0.538. The second-order valence-electron chi connectivity index (χ2n) is 5.26. The molecule has 2 saturated heterocycles. The topological polar surface area (TPSA) is 49.4 Å². The standard InChI is InChI=1S/C13H16BrClN2O2S.ClH/c14-11-2-1-3-12(13(11)15)20(18,19)17-9-4-5-10(17)8-16-7-6-9;/h1-3,9-10,16H,4-8H2;1H. The van der Waals surface area contributed by atoms with Crippen molar-refractivity contribution in [3.05, 3.63) is 27.7 Å². The third kappa shape index (κ3) is 3.12. The maximum atomic E-state index is 13.0.